The predicted octanol–water partition coefficient (Wildman–Crippen LogP) is 2.74. The Labute approximate surface area is 123 Å². The Morgan fingerprint density at radius 1 is 1.05 bits per heavy atom. The number of benzene rings is 2. The number of nitrogens with one attached hydrogen (secondary N) is 1. The highest BCUT2D eigenvalue weighted by Gasteiger charge is 2.11. The zero-order valence-electron chi connectivity index (χ0n) is 10.7. The molecule has 0 aliphatic rings. The van der Waals surface area contributed by atoms with Crippen LogP contribution >= 0.6 is 11.6 Å². The lowest BCUT2D eigenvalue weighted by molar-refractivity contribution is 0.600. The fraction of sp³-hybridized carbons (Fsp3) is 0.143. The van der Waals surface area contributed by atoms with Crippen LogP contribution in [0, 0.1) is 0 Å². The standard InChI is InChI=1S/C14H15ClN2O2S/c15-13-2-1-3-14(8-13)17-20(18,19)10-12-6-4-11(9-16)5-7-12/h1-8,17H,9-10,16H2. The average Bonchev–Trinajstić information content (AvgIpc) is 2.38. The second-order valence-corrected chi connectivity index (χ2v) is 6.55. The first kappa shape index (κ1) is 14.8. The number of anilines is 1. The van der Waals surface area contributed by atoms with Crippen molar-refractivity contribution in [2.24, 2.45) is 5.73 Å². The Morgan fingerprint density at radius 3 is 2.30 bits per heavy atom. The van der Waals surface area contributed by atoms with Crippen molar-refractivity contribution in [3.63, 3.8) is 0 Å². The van der Waals surface area contributed by atoms with Crippen molar-refractivity contribution in [3.05, 3.63) is 64.7 Å². The molecule has 0 amide bonds. The molecule has 0 atom stereocenters. The molecule has 0 fully saturated rings. The van der Waals surface area contributed by atoms with Crippen LogP contribution in [0.3, 0.4) is 0 Å². The molecule has 0 heterocycles. The van der Waals surface area contributed by atoms with Gasteiger partial charge in [0.15, 0.2) is 0 Å². The normalized spacial score (nSPS) is 11.3. The molecule has 2 aromatic rings. The maximum Gasteiger partial charge on any atom is 0.236 e. The average molecular weight is 311 g/mol. The summed E-state index contributed by atoms with van der Waals surface area (Å²) in [6, 6.07) is 13.8. The topological polar surface area (TPSA) is 72.2 Å². The zero-order chi connectivity index (χ0) is 14.6. The fourth-order valence-electron chi connectivity index (χ4n) is 1.76. The molecule has 0 aliphatic heterocycles. The smallest absolute Gasteiger partial charge is 0.236 e. The summed E-state index contributed by atoms with van der Waals surface area (Å²) >= 11 is 5.82. The Kier molecular flexibility index (Phi) is 4.65. The van der Waals surface area contributed by atoms with Gasteiger partial charge < -0.3 is 5.73 Å². The Balaban J connectivity index is 2.10. The van der Waals surface area contributed by atoms with Crippen molar-refractivity contribution in [3.8, 4) is 0 Å². The van der Waals surface area contributed by atoms with E-state index < -0.39 is 10.0 Å². The Hall–Kier alpha value is -1.56. The van der Waals surface area contributed by atoms with Crippen LogP contribution in [0.15, 0.2) is 48.5 Å². The van der Waals surface area contributed by atoms with E-state index in [9.17, 15) is 8.42 Å². The maximum absolute atomic E-state index is 12.1. The van der Waals surface area contributed by atoms with E-state index in [0.717, 1.165) is 5.56 Å². The van der Waals surface area contributed by atoms with Crippen molar-refractivity contribution in [2.75, 3.05) is 4.72 Å². The van der Waals surface area contributed by atoms with Gasteiger partial charge in [0.1, 0.15) is 0 Å². The number of sulfonamides is 1. The molecule has 0 aliphatic carbocycles. The Bertz CT molecular complexity index is 685. The molecule has 0 aromatic heterocycles. The number of rotatable bonds is 5. The van der Waals surface area contributed by atoms with E-state index in [2.05, 4.69) is 4.72 Å². The van der Waals surface area contributed by atoms with Gasteiger partial charge in [0.2, 0.25) is 10.0 Å². The van der Waals surface area contributed by atoms with Crippen LogP contribution in [0.5, 0.6) is 0 Å². The fourth-order valence-corrected chi connectivity index (χ4v) is 3.14. The van der Waals surface area contributed by atoms with Gasteiger partial charge in [-0.1, -0.05) is 41.9 Å². The summed E-state index contributed by atoms with van der Waals surface area (Å²) in [5.74, 6) is -0.0929. The monoisotopic (exact) mass is 310 g/mol. The summed E-state index contributed by atoms with van der Waals surface area (Å²) in [5.41, 5.74) is 7.63. The molecule has 4 nitrogen and oxygen atoms in total. The van der Waals surface area contributed by atoms with Crippen molar-refractivity contribution in [2.45, 2.75) is 12.3 Å². The SMILES string of the molecule is NCc1ccc(CS(=O)(=O)Nc2cccc(Cl)c2)cc1. The van der Waals surface area contributed by atoms with Gasteiger partial charge in [-0.05, 0) is 29.3 Å². The van der Waals surface area contributed by atoms with Gasteiger partial charge in [-0.3, -0.25) is 4.72 Å². The molecular weight excluding hydrogens is 296 g/mol. The summed E-state index contributed by atoms with van der Waals surface area (Å²) in [4.78, 5) is 0. The number of hydrogen-bond acceptors (Lipinski definition) is 3. The molecule has 0 radical (unpaired) electrons. The second kappa shape index (κ2) is 6.26. The lowest BCUT2D eigenvalue weighted by Crippen LogP contribution is -2.15. The summed E-state index contributed by atoms with van der Waals surface area (Å²) in [6.45, 7) is 0.438. The van der Waals surface area contributed by atoms with Crippen LogP contribution in [0.2, 0.25) is 5.02 Å². The third-order valence-electron chi connectivity index (χ3n) is 2.71. The molecule has 6 heteroatoms. The molecule has 0 unspecified atom stereocenters. The van der Waals surface area contributed by atoms with Gasteiger partial charge in [0.25, 0.3) is 0 Å². The minimum Gasteiger partial charge on any atom is -0.326 e. The molecule has 106 valence electrons. The molecule has 0 saturated carbocycles. The van der Waals surface area contributed by atoms with Crippen LogP contribution in [0.25, 0.3) is 0 Å². The molecule has 3 N–H and O–H groups in total. The summed E-state index contributed by atoms with van der Waals surface area (Å²) in [5, 5.41) is 0.484. The van der Waals surface area contributed by atoms with Crippen LogP contribution in [0.1, 0.15) is 11.1 Å². The number of nitrogens with two attached hydrogens (primary N) is 1. The highest BCUT2D eigenvalue weighted by molar-refractivity contribution is 7.91. The molecule has 2 aromatic carbocycles. The molecular formula is C14H15ClN2O2S. The van der Waals surface area contributed by atoms with Crippen molar-refractivity contribution in [1.82, 2.24) is 0 Å². The summed E-state index contributed by atoms with van der Waals surface area (Å²) in [6.07, 6.45) is 0. The quantitative estimate of drug-likeness (QED) is 0.892. The van der Waals surface area contributed by atoms with E-state index in [-0.39, 0.29) is 5.75 Å². The third kappa shape index (κ3) is 4.23. The minimum atomic E-state index is -3.46. The van der Waals surface area contributed by atoms with Crippen LogP contribution < -0.4 is 10.5 Å². The van der Waals surface area contributed by atoms with Crippen molar-refractivity contribution < 1.29 is 8.42 Å². The minimum absolute atomic E-state index is 0.0929. The third-order valence-corrected chi connectivity index (χ3v) is 4.21. The van der Waals surface area contributed by atoms with E-state index in [4.69, 9.17) is 17.3 Å². The second-order valence-electron chi connectivity index (χ2n) is 4.39. The Morgan fingerprint density at radius 2 is 1.70 bits per heavy atom. The molecule has 0 spiro atoms. The number of hydrogen-bond donors (Lipinski definition) is 2. The van der Waals surface area contributed by atoms with Crippen LogP contribution in [0.4, 0.5) is 5.69 Å². The van der Waals surface area contributed by atoms with E-state index in [1.807, 2.05) is 12.1 Å². The zero-order valence-corrected chi connectivity index (χ0v) is 12.3. The van der Waals surface area contributed by atoms with Gasteiger partial charge in [0.05, 0.1) is 5.75 Å². The van der Waals surface area contributed by atoms with E-state index in [0.29, 0.717) is 22.8 Å². The first-order valence-electron chi connectivity index (χ1n) is 6.02. The molecule has 0 bridgehead atoms. The predicted molar refractivity (Wildman–Crippen MR) is 82.0 cm³/mol. The summed E-state index contributed by atoms with van der Waals surface area (Å²) in [7, 11) is -3.46. The molecule has 20 heavy (non-hydrogen) atoms. The largest absolute Gasteiger partial charge is 0.326 e. The van der Waals surface area contributed by atoms with E-state index in [1.54, 1.807) is 36.4 Å². The van der Waals surface area contributed by atoms with Crippen LogP contribution in [-0.2, 0) is 22.3 Å². The van der Waals surface area contributed by atoms with Gasteiger partial charge in [-0.2, -0.15) is 0 Å². The van der Waals surface area contributed by atoms with Gasteiger partial charge >= 0.3 is 0 Å². The first-order valence-corrected chi connectivity index (χ1v) is 8.05. The first-order chi connectivity index (χ1) is 9.48. The highest BCUT2D eigenvalue weighted by Crippen LogP contribution is 2.17. The van der Waals surface area contributed by atoms with Gasteiger partial charge in [-0.25, -0.2) is 8.42 Å². The number of halogens is 1. The van der Waals surface area contributed by atoms with Crippen LogP contribution in [-0.4, -0.2) is 8.42 Å². The molecule has 2 rings (SSSR count). The van der Waals surface area contributed by atoms with E-state index >= 15 is 0 Å². The van der Waals surface area contributed by atoms with Gasteiger partial charge in [0, 0.05) is 17.3 Å². The van der Waals surface area contributed by atoms with E-state index in [1.165, 1.54) is 0 Å². The lowest BCUT2D eigenvalue weighted by Gasteiger charge is -2.08. The van der Waals surface area contributed by atoms with Crippen molar-refractivity contribution >= 4 is 27.3 Å². The maximum atomic E-state index is 12.1. The molecule has 0 saturated heterocycles. The highest BCUT2D eigenvalue weighted by atomic mass is 35.5. The van der Waals surface area contributed by atoms with Gasteiger partial charge in [-0.15, -0.1) is 0 Å². The van der Waals surface area contributed by atoms with Crippen molar-refractivity contribution in [1.29, 1.82) is 0 Å². The lowest BCUT2D eigenvalue weighted by atomic mass is 10.1. The summed E-state index contributed by atoms with van der Waals surface area (Å²) < 4.78 is 26.6.